The highest BCUT2D eigenvalue weighted by Crippen LogP contribution is 2.18. The van der Waals surface area contributed by atoms with E-state index in [4.69, 9.17) is 17.3 Å². The highest BCUT2D eigenvalue weighted by atomic mass is 35.5. The molecule has 0 aliphatic rings. The number of carbonyl (C=O) groups is 1. The zero-order chi connectivity index (χ0) is 15.7. The fraction of sp³-hybridized carbons (Fsp3) is 0. The molecule has 0 saturated carbocycles. The lowest BCUT2D eigenvalue weighted by molar-refractivity contribution is 0.102. The molecule has 110 valence electrons. The Kier molecular flexibility index (Phi) is 3.52. The topological polar surface area (TPSA) is 89.5 Å². The number of amides is 1. The molecular weight excluding hydrogens is 304 g/mol. The zero-order valence-electron chi connectivity index (χ0n) is 11.3. The van der Waals surface area contributed by atoms with Gasteiger partial charge in [0, 0.05) is 11.8 Å². The van der Waals surface area contributed by atoms with Crippen LogP contribution in [0.15, 0.2) is 53.5 Å². The van der Waals surface area contributed by atoms with E-state index in [1.165, 1.54) is 10.6 Å². The van der Waals surface area contributed by atoms with Gasteiger partial charge in [0.05, 0.1) is 5.02 Å². The third kappa shape index (κ3) is 2.51. The first-order chi connectivity index (χ1) is 10.6. The molecule has 0 radical (unpaired) electrons. The molecule has 7 heteroatoms. The normalized spacial score (nSPS) is 10.6. The van der Waals surface area contributed by atoms with Gasteiger partial charge in [0.15, 0.2) is 5.69 Å². The van der Waals surface area contributed by atoms with E-state index < -0.39 is 11.5 Å². The maximum Gasteiger partial charge on any atom is 0.299 e. The van der Waals surface area contributed by atoms with Crippen molar-refractivity contribution in [2.75, 3.05) is 11.1 Å². The Labute approximate surface area is 130 Å². The second kappa shape index (κ2) is 5.50. The van der Waals surface area contributed by atoms with Gasteiger partial charge in [-0.15, -0.1) is 0 Å². The fourth-order valence-corrected chi connectivity index (χ4v) is 2.19. The maximum absolute atomic E-state index is 12.2. The number of anilines is 2. The van der Waals surface area contributed by atoms with Crippen LogP contribution in [0.1, 0.15) is 10.4 Å². The Balaban J connectivity index is 2.07. The van der Waals surface area contributed by atoms with Crippen molar-refractivity contribution in [1.82, 2.24) is 9.38 Å². The number of hydrogen-bond donors (Lipinski definition) is 2. The molecule has 0 spiro atoms. The van der Waals surface area contributed by atoms with Gasteiger partial charge in [-0.1, -0.05) is 29.8 Å². The number of nitrogens with zero attached hydrogens (tertiary/aromatic N) is 2. The molecule has 0 fully saturated rings. The number of nitrogens with one attached hydrogen (secondary N) is 1. The summed E-state index contributed by atoms with van der Waals surface area (Å²) in [6.07, 6.45) is 1.52. The number of aromatic nitrogens is 2. The predicted molar refractivity (Wildman–Crippen MR) is 85.3 cm³/mol. The summed E-state index contributed by atoms with van der Waals surface area (Å²) in [7, 11) is 0. The van der Waals surface area contributed by atoms with Crippen LogP contribution in [-0.4, -0.2) is 15.3 Å². The van der Waals surface area contributed by atoms with Crippen LogP contribution in [-0.2, 0) is 0 Å². The lowest BCUT2D eigenvalue weighted by Gasteiger charge is -2.11. The minimum atomic E-state index is -0.607. The molecule has 2 heterocycles. The van der Waals surface area contributed by atoms with Crippen molar-refractivity contribution in [3.8, 4) is 0 Å². The number of fused-ring (bicyclic) bond motifs is 1. The predicted octanol–water partition coefficient (Wildman–Crippen LogP) is 2.18. The molecule has 1 aromatic carbocycles. The van der Waals surface area contributed by atoms with E-state index in [2.05, 4.69) is 10.3 Å². The lowest BCUT2D eigenvalue weighted by Crippen LogP contribution is -2.23. The van der Waals surface area contributed by atoms with Gasteiger partial charge < -0.3 is 11.1 Å². The monoisotopic (exact) mass is 314 g/mol. The molecule has 0 unspecified atom stereocenters. The molecule has 3 rings (SSSR count). The van der Waals surface area contributed by atoms with Crippen molar-refractivity contribution in [2.24, 2.45) is 0 Å². The van der Waals surface area contributed by atoms with Crippen molar-refractivity contribution in [1.29, 1.82) is 0 Å². The Bertz CT molecular complexity index is 922. The summed E-state index contributed by atoms with van der Waals surface area (Å²) in [6, 6.07) is 11.7. The fourth-order valence-electron chi connectivity index (χ4n) is 2.03. The summed E-state index contributed by atoms with van der Waals surface area (Å²) in [5, 5.41) is 2.94. The Hall–Kier alpha value is -2.86. The largest absolute Gasteiger partial charge is 0.383 e. The van der Waals surface area contributed by atoms with E-state index in [1.807, 2.05) is 0 Å². The SMILES string of the molecule is Nc1c(NC(=O)c2ccccc2)c(=O)nc2ccc(Cl)cn12. The Morgan fingerprint density at radius 2 is 1.91 bits per heavy atom. The number of halogens is 1. The molecule has 1 amide bonds. The lowest BCUT2D eigenvalue weighted by atomic mass is 10.2. The van der Waals surface area contributed by atoms with Crippen LogP contribution < -0.4 is 16.6 Å². The van der Waals surface area contributed by atoms with Gasteiger partial charge in [-0.25, -0.2) is 0 Å². The second-order valence-electron chi connectivity index (χ2n) is 4.57. The van der Waals surface area contributed by atoms with Crippen LogP contribution in [0.2, 0.25) is 5.02 Å². The van der Waals surface area contributed by atoms with Crippen molar-refractivity contribution in [2.45, 2.75) is 0 Å². The van der Waals surface area contributed by atoms with Crippen molar-refractivity contribution in [3.63, 3.8) is 0 Å². The molecule has 3 aromatic rings. The van der Waals surface area contributed by atoms with E-state index in [0.29, 0.717) is 16.2 Å². The number of benzene rings is 1. The maximum atomic E-state index is 12.2. The van der Waals surface area contributed by atoms with Gasteiger partial charge in [-0.3, -0.25) is 14.0 Å². The van der Waals surface area contributed by atoms with E-state index in [-0.39, 0.29) is 11.5 Å². The van der Waals surface area contributed by atoms with Gasteiger partial charge in [0.2, 0.25) is 0 Å². The van der Waals surface area contributed by atoms with Crippen LogP contribution in [0.25, 0.3) is 5.65 Å². The van der Waals surface area contributed by atoms with E-state index in [1.54, 1.807) is 42.5 Å². The summed E-state index contributed by atoms with van der Waals surface area (Å²) >= 11 is 5.91. The third-order valence-electron chi connectivity index (χ3n) is 3.11. The number of nitrogen functional groups attached to an aromatic ring is 1. The summed E-state index contributed by atoms with van der Waals surface area (Å²) in [6.45, 7) is 0. The van der Waals surface area contributed by atoms with Crippen molar-refractivity contribution >= 4 is 34.7 Å². The minimum Gasteiger partial charge on any atom is -0.383 e. The molecule has 0 saturated heterocycles. The molecule has 0 atom stereocenters. The van der Waals surface area contributed by atoms with Gasteiger partial charge in [-0.05, 0) is 24.3 Å². The van der Waals surface area contributed by atoms with Crippen molar-refractivity contribution < 1.29 is 4.79 Å². The molecule has 3 N–H and O–H groups in total. The number of carbonyl (C=O) groups excluding carboxylic acids is 1. The number of rotatable bonds is 2. The van der Waals surface area contributed by atoms with Gasteiger partial charge in [0.25, 0.3) is 11.5 Å². The first-order valence-corrected chi connectivity index (χ1v) is 6.78. The standard InChI is InChI=1S/C15H11ClN4O2/c16-10-6-7-11-18-15(22)12(13(17)20(11)8-10)19-14(21)9-4-2-1-3-5-9/h1-8H,17H2,(H,19,21). The summed E-state index contributed by atoms with van der Waals surface area (Å²) < 4.78 is 1.45. The molecular formula is C15H11ClN4O2. The average molecular weight is 315 g/mol. The first kappa shape index (κ1) is 14.1. The summed E-state index contributed by atoms with van der Waals surface area (Å²) in [5.41, 5.74) is 6.05. The van der Waals surface area contributed by atoms with Crippen LogP contribution in [0, 0.1) is 0 Å². The summed E-state index contributed by atoms with van der Waals surface area (Å²) in [5.74, 6) is -0.366. The number of pyridine rings is 1. The van der Waals surface area contributed by atoms with Crippen molar-refractivity contribution in [3.05, 3.63) is 69.6 Å². The molecule has 2 aromatic heterocycles. The molecule has 0 aliphatic heterocycles. The van der Waals surface area contributed by atoms with Crippen LogP contribution in [0.5, 0.6) is 0 Å². The number of nitrogens with two attached hydrogens (primary N) is 1. The quantitative estimate of drug-likeness (QED) is 0.758. The Morgan fingerprint density at radius 3 is 2.64 bits per heavy atom. The first-order valence-electron chi connectivity index (χ1n) is 6.40. The highest BCUT2D eigenvalue weighted by molar-refractivity contribution is 6.30. The van der Waals surface area contributed by atoms with Gasteiger partial charge in [0.1, 0.15) is 11.5 Å². The molecule has 6 nitrogen and oxygen atoms in total. The van der Waals surface area contributed by atoms with E-state index >= 15 is 0 Å². The van der Waals surface area contributed by atoms with Gasteiger partial charge in [-0.2, -0.15) is 4.98 Å². The van der Waals surface area contributed by atoms with Crippen LogP contribution >= 0.6 is 11.6 Å². The van der Waals surface area contributed by atoms with Crippen LogP contribution in [0.4, 0.5) is 11.5 Å². The molecule has 22 heavy (non-hydrogen) atoms. The molecule has 0 bridgehead atoms. The summed E-state index contributed by atoms with van der Waals surface area (Å²) in [4.78, 5) is 28.1. The van der Waals surface area contributed by atoms with Gasteiger partial charge >= 0.3 is 0 Å². The second-order valence-corrected chi connectivity index (χ2v) is 5.01. The minimum absolute atomic E-state index is 0.0711. The highest BCUT2D eigenvalue weighted by Gasteiger charge is 2.14. The number of hydrogen-bond acceptors (Lipinski definition) is 4. The van der Waals surface area contributed by atoms with E-state index in [0.717, 1.165) is 0 Å². The van der Waals surface area contributed by atoms with E-state index in [9.17, 15) is 9.59 Å². The third-order valence-corrected chi connectivity index (χ3v) is 3.33. The van der Waals surface area contributed by atoms with Crippen LogP contribution in [0.3, 0.4) is 0 Å². The Morgan fingerprint density at radius 1 is 1.18 bits per heavy atom. The smallest absolute Gasteiger partial charge is 0.299 e. The molecule has 0 aliphatic carbocycles. The zero-order valence-corrected chi connectivity index (χ0v) is 12.0. The average Bonchev–Trinajstić information content (AvgIpc) is 2.53.